The molecule has 0 fully saturated rings. The molecule has 0 unspecified atom stereocenters. The van der Waals surface area contributed by atoms with Crippen LogP contribution in [-0.4, -0.2) is 6.61 Å². The maximum Gasteiger partial charge on any atom is 0.0876 e. The van der Waals surface area contributed by atoms with Crippen molar-refractivity contribution in [2.45, 2.75) is 46.5 Å². The monoisotopic (exact) mass is 347 g/mol. The molecule has 1 aliphatic heterocycles. The number of hydrogen-bond acceptors (Lipinski definition) is 2. The number of hydrogen-bond donors (Lipinski definition) is 1. The average molecular weight is 348 g/mol. The van der Waals surface area contributed by atoms with Crippen LogP contribution in [0.25, 0.3) is 5.57 Å². The van der Waals surface area contributed by atoms with E-state index >= 15 is 0 Å². The van der Waals surface area contributed by atoms with Crippen LogP contribution >= 0.6 is 12.4 Å². The zero-order valence-electron chi connectivity index (χ0n) is 15.0. The topological polar surface area (TPSA) is 35.2 Å². The Bertz CT molecular complexity index is 592. The van der Waals surface area contributed by atoms with E-state index in [0.717, 1.165) is 25.1 Å². The first kappa shape index (κ1) is 20.4. The van der Waals surface area contributed by atoms with Gasteiger partial charge in [-0.05, 0) is 60.0 Å². The standard InChI is InChI=1S/C16H21N.C5H8O.ClH/c1-4-12-10-14(17)11-16(2,3)15(12)13-8-6-5-7-9-13;1-2-4-6-5-3-1;/h5-10H,4,11,17H2,1-3H3;2,4H,1,3,5H2;1H. The Hall–Kier alpha value is -1.67. The molecule has 1 aliphatic carbocycles. The van der Waals surface area contributed by atoms with Crippen LogP contribution in [0.1, 0.15) is 52.0 Å². The molecule has 0 atom stereocenters. The van der Waals surface area contributed by atoms with Crippen LogP contribution in [0.15, 0.2) is 60.0 Å². The van der Waals surface area contributed by atoms with Gasteiger partial charge in [0.25, 0.3) is 0 Å². The highest BCUT2D eigenvalue weighted by atomic mass is 35.5. The lowest BCUT2D eigenvalue weighted by Gasteiger charge is -2.34. The molecule has 0 spiro atoms. The third-order valence-electron chi connectivity index (χ3n) is 4.27. The predicted molar refractivity (Wildman–Crippen MR) is 106 cm³/mol. The van der Waals surface area contributed by atoms with Gasteiger partial charge in [0.1, 0.15) is 0 Å². The van der Waals surface area contributed by atoms with Crippen molar-refractivity contribution in [1.82, 2.24) is 0 Å². The van der Waals surface area contributed by atoms with Gasteiger partial charge in [-0.15, -0.1) is 12.4 Å². The van der Waals surface area contributed by atoms with Crippen molar-refractivity contribution >= 4 is 18.0 Å². The van der Waals surface area contributed by atoms with Crippen molar-refractivity contribution < 1.29 is 4.74 Å². The Morgan fingerprint density at radius 3 is 2.33 bits per heavy atom. The van der Waals surface area contributed by atoms with Gasteiger partial charge in [-0.1, -0.05) is 51.1 Å². The van der Waals surface area contributed by atoms with Crippen molar-refractivity contribution in [3.05, 3.63) is 65.6 Å². The fourth-order valence-electron chi connectivity index (χ4n) is 3.33. The third-order valence-corrected chi connectivity index (χ3v) is 4.27. The smallest absolute Gasteiger partial charge is 0.0876 e. The molecule has 2 nitrogen and oxygen atoms in total. The molecule has 0 saturated carbocycles. The molecule has 0 bridgehead atoms. The summed E-state index contributed by atoms with van der Waals surface area (Å²) < 4.78 is 4.89. The minimum atomic E-state index is 0. The highest BCUT2D eigenvalue weighted by Crippen LogP contribution is 2.45. The first-order chi connectivity index (χ1) is 11.0. The van der Waals surface area contributed by atoms with E-state index in [1.54, 1.807) is 6.26 Å². The first-order valence-electron chi connectivity index (χ1n) is 8.56. The van der Waals surface area contributed by atoms with E-state index in [0.29, 0.717) is 0 Å². The van der Waals surface area contributed by atoms with Crippen LogP contribution in [0.2, 0.25) is 0 Å². The quantitative estimate of drug-likeness (QED) is 0.727. The van der Waals surface area contributed by atoms with Gasteiger partial charge in [0, 0.05) is 5.70 Å². The van der Waals surface area contributed by atoms with Crippen molar-refractivity contribution in [1.29, 1.82) is 0 Å². The number of allylic oxidation sites excluding steroid dienone is 5. The zero-order chi connectivity index (χ0) is 16.7. The normalized spacial score (nSPS) is 18.5. The van der Waals surface area contributed by atoms with E-state index in [4.69, 9.17) is 10.5 Å². The maximum atomic E-state index is 6.04. The van der Waals surface area contributed by atoms with Crippen molar-refractivity contribution in [3.63, 3.8) is 0 Å². The molecule has 2 aliphatic rings. The summed E-state index contributed by atoms with van der Waals surface area (Å²) in [5.41, 5.74) is 11.3. The molecule has 0 amide bonds. The summed E-state index contributed by atoms with van der Waals surface area (Å²) in [7, 11) is 0. The highest BCUT2D eigenvalue weighted by Gasteiger charge is 2.30. The van der Waals surface area contributed by atoms with Gasteiger partial charge in [-0.25, -0.2) is 0 Å². The fourth-order valence-corrected chi connectivity index (χ4v) is 3.33. The van der Waals surface area contributed by atoms with Crippen LogP contribution in [0.3, 0.4) is 0 Å². The number of nitrogens with two attached hydrogens (primary N) is 1. The largest absolute Gasteiger partial charge is 0.502 e. The minimum Gasteiger partial charge on any atom is -0.502 e. The lowest BCUT2D eigenvalue weighted by atomic mass is 9.71. The Balaban J connectivity index is 0.000000349. The van der Waals surface area contributed by atoms with Gasteiger partial charge in [0.2, 0.25) is 0 Å². The molecule has 1 heterocycles. The zero-order valence-corrected chi connectivity index (χ0v) is 15.9. The number of benzene rings is 1. The van der Waals surface area contributed by atoms with Gasteiger partial charge >= 0.3 is 0 Å². The van der Waals surface area contributed by atoms with Crippen LogP contribution in [0.4, 0.5) is 0 Å². The summed E-state index contributed by atoms with van der Waals surface area (Å²) in [6, 6.07) is 10.7. The van der Waals surface area contributed by atoms with Crippen LogP contribution in [0.5, 0.6) is 0 Å². The molecule has 0 radical (unpaired) electrons. The minimum absolute atomic E-state index is 0. The number of ether oxygens (including phenoxy) is 1. The average Bonchev–Trinajstić information content (AvgIpc) is 2.56. The first-order valence-corrected chi connectivity index (χ1v) is 8.56. The Labute approximate surface area is 152 Å². The summed E-state index contributed by atoms with van der Waals surface area (Å²) >= 11 is 0. The molecule has 3 rings (SSSR count). The van der Waals surface area contributed by atoms with E-state index in [9.17, 15) is 0 Å². The molecule has 1 aromatic carbocycles. The Morgan fingerprint density at radius 2 is 1.88 bits per heavy atom. The van der Waals surface area contributed by atoms with E-state index in [1.165, 1.54) is 29.6 Å². The summed E-state index contributed by atoms with van der Waals surface area (Å²) in [6.07, 6.45) is 10.3. The van der Waals surface area contributed by atoms with Crippen molar-refractivity contribution in [2.24, 2.45) is 11.1 Å². The summed E-state index contributed by atoms with van der Waals surface area (Å²) in [4.78, 5) is 0. The second-order valence-electron chi connectivity index (χ2n) is 6.78. The molecule has 0 saturated heterocycles. The molecule has 24 heavy (non-hydrogen) atoms. The third kappa shape index (κ3) is 5.45. The lowest BCUT2D eigenvalue weighted by Crippen LogP contribution is -2.22. The molecular weight excluding hydrogens is 318 g/mol. The molecule has 2 N–H and O–H groups in total. The Morgan fingerprint density at radius 1 is 1.17 bits per heavy atom. The predicted octanol–water partition coefficient (Wildman–Crippen LogP) is 5.86. The number of halogens is 1. The van der Waals surface area contributed by atoms with Gasteiger partial charge in [-0.3, -0.25) is 0 Å². The highest BCUT2D eigenvalue weighted by molar-refractivity contribution is 5.85. The van der Waals surface area contributed by atoms with Gasteiger partial charge in [0.15, 0.2) is 0 Å². The molecule has 3 heteroatoms. The van der Waals surface area contributed by atoms with Gasteiger partial charge in [-0.2, -0.15) is 0 Å². The van der Waals surface area contributed by atoms with Gasteiger partial charge < -0.3 is 10.5 Å². The Kier molecular flexibility index (Phi) is 8.14. The second kappa shape index (κ2) is 9.58. The van der Waals surface area contributed by atoms with E-state index < -0.39 is 0 Å². The van der Waals surface area contributed by atoms with E-state index in [1.807, 2.05) is 6.08 Å². The van der Waals surface area contributed by atoms with Crippen LogP contribution in [-0.2, 0) is 4.74 Å². The van der Waals surface area contributed by atoms with Crippen molar-refractivity contribution in [3.8, 4) is 0 Å². The fraction of sp³-hybridized carbons (Fsp3) is 0.429. The van der Waals surface area contributed by atoms with Crippen LogP contribution < -0.4 is 5.73 Å². The van der Waals surface area contributed by atoms with Gasteiger partial charge in [0.05, 0.1) is 12.9 Å². The maximum absolute atomic E-state index is 6.04. The number of rotatable bonds is 2. The second-order valence-corrected chi connectivity index (χ2v) is 6.78. The van der Waals surface area contributed by atoms with Crippen LogP contribution in [0, 0.1) is 5.41 Å². The summed E-state index contributed by atoms with van der Waals surface area (Å²) in [6.45, 7) is 7.68. The SMILES string of the molecule is C1=COCCC1.CCC1=C(c2ccccc2)C(C)(C)CC(N)=C1.Cl. The molecule has 0 aromatic heterocycles. The molecular formula is C21H30ClNO. The van der Waals surface area contributed by atoms with Crippen molar-refractivity contribution in [2.75, 3.05) is 6.61 Å². The van der Waals surface area contributed by atoms with E-state index in [-0.39, 0.29) is 17.8 Å². The summed E-state index contributed by atoms with van der Waals surface area (Å²) in [5, 5.41) is 0. The molecule has 1 aromatic rings. The lowest BCUT2D eigenvalue weighted by molar-refractivity contribution is 0.231. The van der Waals surface area contributed by atoms with E-state index in [2.05, 4.69) is 57.2 Å². The summed E-state index contributed by atoms with van der Waals surface area (Å²) in [5.74, 6) is 0. The molecule has 132 valence electrons.